The van der Waals surface area contributed by atoms with Crippen molar-refractivity contribution in [2.24, 2.45) is 0 Å². The van der Waals surface area contributed by atoms with Crippen LogP contribution in [0.5, 0.6) is 5.75 Å². The van der Waals surface area contributed by atoms with Crippen molar-refractivity contribution < 1.29 is 17.9 Å². The van der Waals surface area contributed by atoms with Gasteiger partial charge in [0.25, 0.3) is 0 Å². The zero-order chi connectivity index (χ0) is 14.0. The molecule has 0 spiro atoms. The zero-order valence-corrected chi connectivity index (χ0v) is 10.9. The van der Waals surface area contributed by atoms with Crippen LogP contribution in [0.3, 0.4) is 0 Å². The normalized spacial score (nSPS) is 10.8. The summed E-state index contributed by atoms with van der Waals surface area (Å²) in [6.45, 7) is -3.02. The number of halogens is 5. The Bertz CT molecular complexity index is 582. The first-order valence-electron chi connectivity index (χ1n) is 5.18. The molecule has 0 aliphatic carbocycles. The van der Waals surface area contributed by atoms with Gasteiger partial charge in [-0.2, -0.15) is 8.78 Å². The van der Waals surface area contributed by atoms with E-state index < -0.39 is 12.4 Å². The molecule has 2 aromatic carbocycles. The van der Waals surface area contributed by atoms with E-state index in [-0.39, 0.29) is 26.9 Å². The van der Waals surface area contributed by atoms with Gasteiger partial charge in [-0.15, -0.1) is 0 Å². The fourth-order valence-corrected chi connectivity index (χ4v) is 2.25. The van der Waals surface area contributed by atoms with Gasteiger partial charge in [-0.1, -0.05) is 29.3 Å². The molecule has 0 bridgehead atoms. The Morgan fingerprint density at radius 2 is 1.63 bits per heavy atom. The number of benzene rings is 2. The lowest BCUT2D eigenvalue weighted by Crippen LogP contribution is -2.03. The lowest BCUT2D eigenvalue weighted by molar-refractivity contribution is -0.0494. The van der Waals surface area contributed by atoms with Crippen LogP contribution in [0.1, 0.15) is 0 Å². The summed E-state index contributed by atoms with van der Waals surface area (Å²) in [7, 11) is 0. The fourth-order valence-electron chi connectivity index (χ4n) is 1.65. The molecule has 19 heavy (non-hydrogen) atoms. The highest BCUT2D eigenvalue weighted by Gasteiger charge is 2.17. The van der Waals surface area contributed by atoms with Gasteiger partial charge >= 0.3 is 6.61 Å². The maximum Gasteiger partial charge on any atom is 0.387 e. The van der Waals surface area contributed by atoms with Gasteiger partial charge in [-0.3, -0.25) is 0 Å². The third kappa shape index (κ3) is 3.14. The molecule has 100 valence electrons. The van der Waals surface area contributed by atoms with Crippen molar-refractivity contribution in [1.82, 2.24) is 0 Å². The van der Waals surface area contributed by atoms with Gasteiger partial charge in [-0.25, -0.2) is 4.39 Å². The van der Waals surface area contributed by atoms with Crippen LogP contribution in [0.4, 0.5) is 13.2 Å². The molecule has 2 rings (SSSR count). The molecule has 6 heteroatoms. The smallest absolute Gasteiger partial charge is 0.387 e. The molecule has 0 aliphatic rings. The summed E-state index contributed by atoms with van der Waals surface area (Å²) >= 11 is 11.9. The molecular formula is C13H7Cl2F3O. The Balaban J connectivity index is 2.63. The molecule has 0 atom stereocenters. The highest BCUT2D eigenvalue weighted by molar-refractivity contribution is 6.39. The molecule has 0 fully saturated rings. The lowest BCUT2D eigenvalue weighted by atomic mass is 10.0. The van der Waals surface area contributed by atoms with Gasteiger partial charge < -0.3 is 4.74 Å². The monoisotopic (exact) mass is 306 g/mol. The minimum absolute atomic E-state index is 0.0795. The number of hydrogen-bond acceptors (Lipinski definition) is 1. The number of ether oxygens (including phenoxy) is 1. The van der Waals surface area contributed by atoms with Crippen LogP contribution in [0.15, 0.2) is 36.4 Å². The Morgan fingerprint density at radius 3 is 2.21 bits per heavy atom. The quantitative estimate of drug-likeness (QED) is 0.737. The van der Waals surface area contributed by atoms with E-state index in [2.05, 4.69) is 4.74 Å². The average Bonchev–Trinajstić information content (AvgIpc) is 2.31. The Kier molecular flexibility index (Phi) is 4.22. The summed E-state index contributed by atoms with van der Waals surface area (Å²) in [4.78, 5) is 0. The SMILES string of the molecule is Fc1ccc(OC(F)F)c(-c2c(Cl)cccc2Cl)c1. The van der Waals surface area contributed by atoms with Crippen LogP contribution in [-0.2, 0) is 0 Å². The topological polar surface area (TPSA) is 9.23 Å². The van der Waals surface area contributed by atoms with Crippen LogP contribution in [0.2, 0.25) is 10.0 Å². The van der Waals surface area contributed by atoms with Gasteiger partial charge in [-0.05, 0) is 30.3 Å². The Labute approximate surface area is 117 Å². The molecule has 2 aromatic rings. The predicted molar refractivity (Wildman–Crippen MR) is 68.5 cm³/mol. The van der Waals surface area contributed by atoms with Gasteiger partial charge in [0.05, 0.1) is 10.0 Å². The van der Waals surface area contributed by atoms with Crippen LogP contribution >= 0.6 is 23.2 Å². The van der Waals surface area contributed by atoms with E-state index in [1.807, 2.05) is 0 Å². The minimum atomic E-state index is -3.02. The molecular weight excluding hydrogens is 300 g/mol. The highest BCUT2D eigenvalue weighted by atomic mass is 35.5. The van der Waals surface area contributed by atoms with Crippen molar-refractivity contribution in [3.8, 4) is 16.9 Å². The summed E-state index contributed by atoms with van der Waals surface area (Å²) < 4.78 is 42.3. The molecule has 0 saturated carbocycles. The zero-order valence-electron chi connectivity index (χ0n) is 9.34. The molecule has 0 heterocycles. The molecule has 0 aromatic heterocycles. The second kappa shape index (κ2) is 5.72. The van der Waals surface area contributed by atoms with Crippen molar-refractivity contribution in [3.63, 3.8) is 0 Å². The van der Waals surface area contributed by atoms with E-state index in [0.717, 1.165) is 18.2 Å². The standard InChI is InChI=1S/C13H7Cl2F3O/c14-9-2-1-3-10(15)12(9)8-6-7(16)4-5-11(8)19-13(17)18/h1-6,13H. The molecule has 0 radical (unpaired) electrons. The third-order valence-electron chi connectivity index (χ3n) is 2.39. The summed E-state index contributed by atoms with van der Waals surface area (Å²) in [5.74, 6) is -0.793. The Morgan fingerprint density at radius 1 is 1.00 bits per heavy atom. The second-order valence-electron chi connectivity index (χ2n) is 3.62. The second-order valence-corrected chi connectivity index (χ2v) is 4.43. The Hall–Kier alpha value is -1.39. The minimum Gasteiger partial charge on any atom is -0.434 e. The van der Waals surface area contributed by atoms with Crippen LogP contribution in [0.25, 0.3) is 11.1 Å². The molecule has 0 aliphatic heterocycles. The van der Waals surface area contributed by atoms with Gasteiger partial charge in [0.2, 0.25) is 0 Å². The van der Waals surface area contributed by atoms with E-state index in [4.69, 9.17) is 23.2 Å². The first-order chi connectivity index (χ1) is 8.99. The number of hydrogen-bond donors (Lipinski definition) is 0. The van der Waals surface area contributed by atoms with E-state index in [9.17, 15) is 13.2 Å². The van der Waals surface area contributed by atoms with Crippen molar-refractivity contribution in [1.29, 1.82) is 0 Å². The van der Waals surface area contributed by atoms with Crippen LogP contribution < -0.4 is 4.74 Å². The van der Waals surface area contributed by atoms with Crippen molar-refractivity contribution >= 4 is 23.2 Å². The van der Waals surface area contributed by atoms with Crippen molar-refractivity contribution in [3.05, 3.63) is 52.3 Å². The molecule has 0 amide bonds. The lowest BCUT2D eigenvalue weighted by Gasteiger charge is -2.13. The number of alkyl halides is 2. The number of rotatable bonds is 3. The predicted octanol–water partition coefficient (Wildman–Crippen LogP) is 5.40. The summed E-state index contributed by atoms with van der Waals surface area (Å²) in [6.07, 6.45) is 0. The van der Waals surface area contributed by atoms with E-state index in [1.165, 1.54) is 12.1 Å². The first kappa shape index (κ1) is 14.0. The third-order valence-corrected chi connectivity index (χ3v) is 3.02. The van der Waals surface area contributed by atoms with Gasteiger partial charge in [0, 0.05) is 11.1 Å². The van der Waals surface area contributed by atoms with Crippen LogP contribution in [0, 0.1) is 5.82 Å². The van der Waals surface area contributed by atoms with E-state index in [1.54, 1.807) is 6.07 Å². The molecule has 1 nitrogen and oxygen atoms in total. The molecule has 0 saturated heterocycles. The first-order valence-corrected chi connectivity index (χ1v) is 5.93. The summed E-state index contributed by atoms with van der Waals surface area (Å²) in [6, 6.07) is 7.83. The average molecular weight is 307 g/mol. The molecule has 0 N–H and O–H groups in total. The maximum atomic E-state index is 13.3. The van der Waals surface area contributed by atoms with Crippen molar-refractivity contribution in [2.45, 2.75) is 6.61 Å². The van der Waals surface area contributed by atoms with E-state index in [0.29, 0.717) is 0 Å². The van der Waals surface area contributed by atoms with E-state index >= 15 is 0 Å². The van der Waals surface area contributed by atoms with Crippen molar-refractivity contribution in [2.75, 3.05) is 0 Å². The fraction of sp³-hybridized carbons (Fsp3) is 0.0769. The summed E-state index contributed by atoms with van der Waals surface area (Å²) in [5, 5.41) is 0.439. The van der Waals surface area contributed by atoms with Crippen LogP contribution in [-0.4, -0.2) is 6.61 Å². The maximum absolute atomic E-state index is 13.3. The molecule has 0 unspecified atom stereocenters. The summed E-state index contributed by atoms with van der Waals surface area (Å²) in [5.41, 5.74) is 0.330. The van der Waals surface area contributed by atoms with Gasteiger partial charge in [0.1, 0.15) is 11.6 Å². The van der Waals surface area contributed by atoms with Gasteiger partial charge in [0.15, 0.2) is 0 Å². The largest absolute Gasteiger partial charge is 0.434 e. The highest BCUT2D eigenvalue weighted by Crippen LogP contribution is 2.40.